The maximum Gasteiger partial charge on any atom is 0.351 e. The summed E-state index contributed by atoms with van der Waals surface area (Å²) in [6.07, 6.45) is 0.893. The summed E-state index contributed by atoms with van der Waals surface area (Å²) in [6.45, 7) is 5.24. The number of nitrogens with zero attached hydrogens (tertiary/aromatic N) is 3. The quantitative estimate of drug-likeness (QED) is 0.683. The molecule has 0 saturated carbocycles. The van der Waals surface area contributed by atoms with Gasteiger partial charge in [0.25, 0.3) is 0 Å². The molecule has 16 heavy (non-hydrogen) atoms. The van der Waals surface area contributed by atoms with Crippen molar-refractivity contribution in [1.29, 1.82) is 0 Å². The van der Waals surface area contributed by atoms with E-state index in [-0.39, 0.29) is 6.04 Å². The van der Waals surface area contributed by atoms with Gasteiger partial charge in [0.2, 0.25) is 0 Å². The number of carbonyl (C=O) groups is 2. The average Bonchev–Trinajstić information content (AvgIpc) is 2.21. The van der Waals surface area contributed by atoms with Crippen LogP contribution < -0.4 is 10.6 Å². The first-order chi connectivity index (χ1) is 7.52. The van der Waals surface area contributed by atoms with Crippen LogP contribution in [0.4, 0.5) is 9.59 Å². The molecule has 1 atom stereocenters. The maximum absolute atomic E-state index is 12.0. The molecule has 7 heteroatoms. The normalized spacial score (nSPS) is 22.2. The van der Waals surface area contributed by atoms with Crippen LogP contribution >= 0.6 is 0 Å². The summed E-state index contributed by atoms with van der Waals surface area (Å²) in [5, 5.41) is 10.5. The van der Waals surface area contributed by atoms with Gasteiger partial charge < -0.3 is 5.32 Å². The second kappa shape index (κ2) is 4.93. The van der Waals surface area contributed by atoms with Crippen molar-refractivity contribution in [2.75, 3.05) is 7.05 Å². The first kappa shape index (κ1) is 12.4. The molecule has 0 aromatic carbocycles. The summed E-state index contributed by atoms with van der Waals surface area (Å²) in [5.74, 6) is 0. The van der Waals surface area contributed by atoms with E-state index in [4.69, 9.17) is 0 Å². The van der Waals surface area contributed by atoms with Gasteiger partial charge in [-0.3, -0.25) is 5.32 Å². The second-order valence-corrected chi connectivity index (χ2v) is 3.61. The Kier molecular flexibility index (Phi) is 3.83. The molecule has 7 nitrogen and oxygen atoms in total. The third-order valence-corrected chi connectivity index (χ3v) is 2.16. The number of hydrogen-bond acceptors (Lipinski definition) is 4. The van der Waals surface area contributed by atoms with E-state index in [0.717, 1.165) is 4.90 Å². The number of amides is 4. The fraction of sp³-hybridized carbons (Fsp3) is 0.667. The van der Waals surface area contributed by atoms with Gasteiger partial charge in [-0.1, -0.05) is 0 Å². The molecular weight excluding hydrogens is 210 g/mol. The van der Waals surface area contributed by atoms with E-state index in [9.17, 15) is 9.59 Å². The molecular formula is C9H17N5O2. The highest BCUT2D eigenvalue weighted by molar-refractivity contribution is 5.96. The molecule has 1 unspecified atom stereocenters. The van der Waals surface area contributed by atoms with Gasteiger partial charge in [0.15, 0.2) is 6.29 Å². The van der Waals surface area contributed by atoms with Crippen molar-refractivity contribution in [3.63, 3.8) is 0 Å². The van der Waals surface area contributed by atoms with Crippen molar-refractivity contribution < 1.29 is 9.59 Å². The van der Waals surface area contributed by atoms with Crippen molar-refractivity contribution in [1.82, 2.24) is 20.5 Å². The topological polar surface area (TPSA) is 77.0 Å². The van der Waals surface area contributed by atoms with Crippen LogP contribution in [0.3, 0.4) is 0 Å². The Hall–Kier alpha value is -1.63. The highest BCUT2D eigenvalue weighted by Gasteiger charge is 2.39. The van der Waals surface area contributed by atoms with Gasteiger partial charge in [-0.15, -0.1) is 0 Å². The molecule has 1 saturated heterocycles. The van der Waals surface area contributed by atoms with Crippen LogP contribution in [0.15, 0.2) is 5.10 Å². The molecule has 90 valence electrons. The number of nitrogens with one attached hydrogen (secondary N) is 2. The molecule has 1 rings (SSSR count). The van der Waals surface area contributed by atoms with E-state index in [1.807, 2.05) is 0 Å². The Morgan fingerprint density at radius 2 is 2.12 bits per heavy atom. The fourth-order valence-corrected chi connectivity index (χ4v) is 1.45. The van der Waals surface area contributed by atoms with Crippen LogP contribution in [-0.2, 0) is 0 Å². The van der Waals surface area contributed by atoms with Gasteiger partial charge in [-0.2, -0.15) is 10.1 Å². The van der Waals surface area contributed by atoms with E-state index >= 15 is 0 Å². The minimum Gasteiger partial charge on any atom is -0.303 e. The number of carbonyl (C=O) groups excluding carboxylic acids is 2. The summed E-state index contributed by atoms with van der Waals surface area (Å²) in [5.41, 5.74) is 0. The summed E-state index contributed by atoms with van der Waals surface area (Å²) in [6, 6.07) is -1.06. The van der Waals surface area contributed by atoms with Crippen molar-refractivity contribution >= 4 is 18.3 Å². The summed E-state index contributed by atoms with van der Waals surface area (Å²) >= 11 is 0. The van der Waals surface area contributed by atoms with Crippen molar-refractivity contribution in [3.05, 3.63) is 0 Å². The van der Waals surface area contributed by atoms with Gasteiger partial charge in [0.05, 0.1) is 0 Å². The van der Waals surface area contributed by atoms with E-state index in [0.29, 0.717) is 0 Å². The molecule has 0 aliphatic carbocycles. The zero-order chi connectivity index (χ0) is 12.3. The Morgan fingerprint density at radius 1 is 1.50 bits per heavy atom. The lowest BCUT2D eigenvalue weighted by atomic mass is 10.3. The molecule has 0 spiro atoms. The minimum absolute atomic E-state index is 0.208. The molecule has 2 N–H and O–H groups in total. The zero-order valence-electron chi connectivity index (χ0n) is 9.89. The number of hydrogen-bond donors (Lipinski definition) is 2. The highest BCUT2D eigenvalue weighted by atomic mass is 16.2. The third-order valence-electron chi connectivity index (χ3n) is 2.16. The maximum atomic E-state index is 12.0. The molecule has 0 bridgehead atoms. The number of rotatable bonds is 3. The van der Waals surface area contributed by atoms with E-state index < -0.39 is 18.4 Å². The molecule has 0 aromatic heterocycles. The molecule has 1 aliphatic heterocycles. The van der Waals surface area contributed by atoms with Crippen molar-refractivity contribution in [2.24, 2.45) is 5.10 Å². The lowest BCUT2D eigenvalue weighted by molar-refractivity contribution is 0.0866. The first-order valence-electron chi connectivity index (χ1n) is 5.11. The van der Waals surface area contributed by atoms with E-state index in [1.54, 1.807) is 27.8 Å². The van der Waals surface area contributed by atoms with Crippen molar-refractivity contribution in [3.8, 4) is 0 Å². The Balaban J connectivity index is 2.97. The fourth-order valence-electron chi connectivity index (χ4n) is 1.45. The lowest BCUT2D eigenvalue weighted by Gasteiger charge is -2.39. The Labute approximate surface area is 94.5 Å². The zero-order valence-corrected chi connectivity index (χ0v) is 9.89. The molecule has 1 heterocycles. The average molecular weight is 227 g/mol. The summed E-state index contributed by atoms with van der Waals surface area (Å²) in [7, 11) is 1.64. The molecule has 1 fully saturated rings. The van der Waals surface area contributed by atoms with Crippen molar-refractivity contribution in [2.45, 2.75) is 33.1 Å². The van der Waals surface area contributed by atoms with Crippen LogP contribution in [0, 0.1) is 0 Å². The smallest absolute Gasteiger partial charge is 0.303 e. The number of hydrazone groups is 1. The van der Waals surface area contributed by atoms with Crippen LogP contribution in [0.2, 0.25) is 0 Å². The largest absolute Gasteiger partial charge is 0.351 e. The standard InChI is InChI=1S/C9H17N5O2/c1-5-11-14-7(10-4)12-8(15)13(6(2)3)9(14)16/h5-7,10H,1-4H3,(H,12,15). The van der Waals surface area contributed by atoms with Gasteiger partial charge in [0.1, 0.15) is 0 Å². The third kappa shape index (κ3) is 2.13. The SMILES string of the molecule is CC=NN1C(=O)N(C(C)C)C(=O)NC1NC. The minimum atomic E-state index is -0.605. The number of urea groups is 2. The first-order valence-corrected chi connectivity index (χ1v) is 5.11. The van der Waals surface area contributed by atoms with Crippen LogP contribution in [-0.4, -0.2) is 47.6 Å². The second-order valence-electron chi connectivity index (χ2n) is 3.61. The Bertz CT molecular complexity index is 315. The lowest BCUT2D eigenvalue weighted by Crippen LogP contribution is -2.68. The van der Waals surface area contributed by atoms with E-state index in [2.05, 4.69) is 15.7 Å². The molecule has 0 aromatic rings. The van der Waals surface area contributed by atoms with Gasteiger partial charge in [-0.25, -0.2) is 14.5 Å². The predicted molar refractivity (Wildman–Crippen MR) is 59.8 cm³/mol. The molecule has 4 amide bonds. The van der Waals surface area contributed by atoms with E-state index in [1.165, 1.54) is 11.2 Å². The van der Waals surface area contributed by atoms with Gasteiger partial charge in [0, 0.05) is 12.3 Å². The summed E-state index contributed by atoms with van der Waals surface area (Å²) < 4.78 is 0. The molecule has 1 aliphatic rings. The summed E-state index contributed by atoms with van der Waals surface area (Å²) in [4.78, 5) is 24.7. The van der Waals surface area contributed by atoms with Crippen LogP contribution in [0.5, 0.6) is 0 Å². The van der Waals surface area contributed by atoms with Gasteiger partial charge >= 0.3 is 12.1 Å². The monoisotopic (exact) mass is 227 g/mol. The number of imide groups is 1. The molecule has 0 radical (unpaired) electrons. The van der Waals surface area contributed by atoms with Crippen LogP contribution in [0.25, 0.3) is 0 Å². The Morgan fingerprint density at radius 3 is 2.56 bits per heavy atom. The van der Waals surface area contributed by atoms with Gasteiger partial charge in [-0.05, 0) is 27.8 Å². The highest BCUT2D eigenvalue weighted by Crippen LogP contribution is 2.12. The predicted octanol–water partition coefficient (Wildman–Crippen LogP) is 0.351. The van der Waals surface area contributed by atoms with Crippen LogP contribution in [0.1, 0.15) is 20.8 Å².